The van der Waals surface area contributed by atoms with E-state index in [4.69, 9.17) is 10.5 Å². The van der Waals surface area contributed by atoms with Crippen LogP contribution in [0.15, 0.2) is 42.5 Å². The van der Waals surface area contributed by atoms with Crippen molar-refractivity contribution in [2.75, 3.05) is 29.1 Å². The summed E-state index contributed by atoms with van der Waals surface area (Å²) in [6.45, 7) is 5.96. The van der Waals surface area contributed by atoms with Crippen molar-refractivity contribution < 1.29 is 9.53 Å². The fourth-order valence-electron chi connectivity index (χ4n) is 3.50. The number of benzene rings is 2. The molecule has 0 bridgehead atoms. The number of amides is 1. The van der Waals surface area contributed by atoms with Crippen LogP contribution in [-0.4, -0.2) is 25.1 Å². The van der Waals surface area contributed by atoms with Crippen molar-refractivity contribution in [2.45, 2.75) is 45.6 Å². The van der Waals surface area contributed by atoms with Crippen LogP contribution in [-0.2, 0) is 0 Å². The summed E-state index contributed by atoms with van der Waals surface area (Å²) in [5.41, 5.74) is 9.31. The molecule has 1 saturated heterocycles. The summed E-state index contributed by atoms with van der Waals surface area (Å²) in [6, 6.07) is 13.5. The molecule has 3 N–H and O–H groups in total. The van der Waals surface area contributed by atoms with E-state index < -0.39 is 0 Å². The molecule has 0 radical (unpaired) electrons. The van der Waals surface area contributed by atoms with Gasteiger partial charge in [-0.1, -0.05) is 13.0 Å². The minimum absolute atomic E-state index is 0.171. The number of carbonyl (C=O) groups excluding carboxylic acids is 1. The molecule has 0 aliphatic carbocycles. The summed E-state index contributed by atoms with van der Waals surface area (Å²) in [7, 11) is 0. The molecule has 3 rings (SSSR count). The molecule has 1 atom stereocenters. The average Bonchev–Trinajstić information content (AvgIpc) is 2.67. The van der Waals surface area contributed by atoms with Gasteiger partial charge in [0, 0.05) is 23.8 Å². The number of hydrogen-bond acceptors (Lipinski definition) is 4. The molecule has 0 saturated carbocycles. The Morgan fingerprint density at radius 2 is 2.11 bits per heavy atom. The smallest absolute Gasteiger partial charge is 0.255 e. The Labute approximate surface area is 161 Å². The first kappa shape index (κ1) is 19.1. The lowest BCUT2D eigenvalue weighted by atomic mass is 10.0. The van der Waals surface area contributed by atoms with Gasteiger partial charge >= 0.3 is 0 Å². The van der Waals surface area contributed by atoms with Crippen molar-refractivity contribution in [3.63, 3.8) is 0 Å². The highest BCUT2D eigenvalue weighted by Gasteiger charge is 2.20. The SMILES string of the molecule is CCCOc1cccc(C(=O)Nc2ccc(N3CCCC[C@H]3C)c(N)c2)c1. The monoisotopic (exact) mass is 367 g/mol. The van der Waals surface area contributed by atoms with E-state index in [0.29, 0.717) is 35.3 Å². The molecule has 2 aromatic rings. The van der Waals surface area contributed by atoms with Gasteiger partial charge in [0.25, 0.3) is 5.91 Å². The number of rotatable bonds is 6. The zero-order chi connectivity index (χ0) is 19.2. The van der Waals surface area contributed by atoms with Crippen molar-refractivity contribution in [3.05, 3.63) is 48.0 Å². The molecule has 144 valence electrons. The second-order valence-corrected chi connectivity index (χ2v) is 7.14. The summed E-state index contributed by atoms with van der Waals surface area (Å²) in [5, 5.41) is 2.93. The van der Waals surface area contributed by atoms with Crippen molar-refractivity contribution >= 4 is 23.0 Å². The first-order valence-corrected chi connectivity index (χ1v) is 9.79. The van der Waals surface area contributed by atoms with E-state index in [0.717, 1.165) is 18.7 Å². The Bertz CT molecular complexity index is 791. The van der Waals surface area contributed by atoms with Crippen LogP contribution in [0.25, 0.3) is 0 Å². The number of nitrogens with zero attached hydrogens (tertiary/aromatic N) is 1. The predicted octanol–water partition coefficient (Wildman–Crippen LogP) is 4.69. The highest BCUT2D eigenvalue weighted by atomic mass is 16.5. The zero-order valence-corrected chi connectivity index (χ0v) is 16.2. The van der Waals surface area contributed by atoms with Crippen LogP contribution >= 0.6 is 0 Å². The second kappa shape index (κ2) is 8.80. The van der Waals surface area contributed by atoms with Crippen LogP contribution in [0.2, 0.25) is 0 Å². The van der Waals surface area contributed by atoms with E-state index in [1.807, 2.05) is 30.3 Å². The van der Waals surface area contributed by atoms with Crippen molar-refractivity contribution in [2.24, 2.45) is 0 Å². The topological polar surface area (TPSA) is 67.6 Å². The Balaban J connectivity index is 1.70. The fraction of sp³-hybridized carbons (Fsp3) is 0.409. The molecule has 1 aliphatic heterocycles. The van der Waals surface area contributed by atoms with Crippen LogP contribution < -0.4 is 20.7 Å². The maximum absolute atomic E-state index is 12.6. The van der Waals surface area contributed by atoms with Crippen LogP contribution in [0.4, 0.5) is 17.1 Å². The van der Waals surface area contributed by atoms with Crippen molar-refractivity contribution in [3.8, 4) is 5.75 Å². The summed E-state index contributed by atoms with van der Waals surface area (Å²) in [4.78, 5) is 14.9. The van der Waals surface area contributed by atoms with Crippen molar-refractivity contribution in [1.29, 1.82) is 0 Å². The van der Waals surface area contributed by atoms with Gasteiger partial charge in [-0.25, -0.2) is 0 Å². The maximum Gasteiger partial charge on any atom is 0.255 e. The molecular weight excluding hydrogens is 338 g/mol. The Hall–Kier alpha value is -2.69. The highest BCUT2D eigenvalue weighted by molar-refractivity contribution is 6.04. The molecule has 2 aromatic carbocycles. The lowest BCUT2D eigenvalue weighted by molar-refractivity contribution is 0.102. The Kier molecular flexibility index (Phi) is 6.22. The van der Waals surface area contributed by atoms with Gasteiger partial charge in [0.1, 0.15) is 5.75 Å². The van der Waals surface area contributed by atoms with Crippen LogP contribution in [0.5, 0.6) is 5.75 Å². The van der Waals surface area contributed by atoms with Gasteiger partial charge < -0.3 is 20.7 Å². The van der Waals surface area contributed by atoms with E-state index in [1.54, 1.807) is 12.1 Å². The molecule has 0 aromatic heterocycles. The van der Waals surface area contributed by atoms with Crippen molar-refractivity contribution in [1.82, 2.24) is 0 Å². The molecule has 0 unspecified atom stereocenters. The molecule has 5 nitrogen and oxygen atoms in total. The number of nitrogen functional groups attached to an aromatic ring is 1. The Morgan fingerprint density at radius 1 is 1.26 bits per heavy atom. The zero-order valence-electron chi connectivity index (χ0n) is 16.2. The lowest BCUT2D eigenvalue weighted by Gasteiger charge is -2.36. The molecule has 1 fully saturated rings. The predicted molar refractivity (Wildman–Crippen MR) is 112 cm³/mol. The summed E-state index contributed by atoms with van der Waals surface area (Å²) in [6.07, 6.45) is 4.58. The van der Waals surface area contributed by atoms with Gasteiger partial charge in [-0.3, -0.25) is 4.79 Å². The number of piperidine rings is 1. The number of nitrogens with one attached hydrogen (secondary N) is 1. The third kappa shape index (κ3) is 4.73. The molecule has 1 heterocycles. The normalized spacial score (nSPS) is 16.8. The standard InChI is InChI=1S/C22H29N3O2/c1-3-13-27-19-9-6-8-17(14-19)22(26)24-18-10-11-21(20(23)15-18)25-12-5-4-7-16(25)2/h6,8-11,14-16H,3-5,7,12-13,23H2,1-2H3,(H,24,26)/t16-/m1/s1. The third-order valence-electron chi connectivity index (χ3n) is 4.97. The molecule has 1 amide bonds. The van der Waals surface area contributed by atoms with Crippen LogP contribution in [0.1, 0.15) is 49.9 Å². The molecule has 0 spiro atoms. The minimum Gasteiger partial charge on any atom is -0.494 e. The van der Waals surface area contributed by atoms with Gasteiger partial charge in [0.15, 0.2) is 0 Å². The minimum atomic E-state index is -0.171. The number of nitrogens with two attached hydrogens (primary N) is 1. The van der Waals surface area contributed by atoms with E-state index in [9.17, 15) is 4.79 Å². The van der Waals surface area contributed by atoms with E-state index in [2.05, 4.69) is 24.1 Å². The lowest BCUT2D eigenvalue weighted by Crippen LogP contribution is -2.37. The number of carbonyl (C=O) groups is 1. The number of ether oxygens (including phenoxy) is 1. The molecular formula is C22H29N3O2. The average molecular weight is 367 g/mol. The quantitative estimate of drug-likeness (QED) is 0.727. The van der Waals surface area contributed by atoms with Gasteiger partial charge in [-0.05, 0) is 69.0 Å². The third-order valence-corrected chi connectivity index (χ3v) is 4.97. The largest absolute Gasteiger partial charge is 0.494 e. The summed E-state index contributed by atoms with van der Waals surface area (Å²) in [5.74, 6) is 0.536. The van der Waals surface area contributed by atoms with E-state index in [-0.39, 0.29) is 5.91 Å². The summed E-state index contributed by atoms with van der Waals surface area (Å²) < 4.78 is 5.60. The van der Waals surface area contributed by atoms with E-state index >= 15 is 0 Å². The Morgan fingerprint density at radius 3 is 2.85 bits per heavy atom. The number of anilines is 3. The van der Waals surface area contributed by atoms with Gasteiger partial charge in [0.05, 0.1) is 18.0 Å². The van der Waals surface area contributed by atoms with E-state index in [1.165, 1.54) is 19.3 Å². The molecule has 1 aliphatic rings. The maximum atomic E-state index is 12.6. The molecule has 5 heteroatoms. The number of hydrogen-bond donors (Lipinski definition) is 2. The first-order chi connectivity index (χ1) is 13.1. The van der Waals surface area contributed by atoms with Gasteiger partial charge in [-0.2, -0.15) is 0 Å². The van der Waals surface area contributed by atoms with Crippen LogP contribution in [0.3, 0.4) is 0 Å². The van der Waals surface area contributed by atoms with Crippen LogP contribution in [0, 0.1) is 0 Å². The fourth-order valence-corrected chi connectivity index (χ4v) is 3.50. The van der Waals surface area contributed by atoms with Gasteiger partial charge in [0.2, 0.25) is 0 Å². The molecule has 27 heavy (non-hydrogen) atoms. The highest BCUT2D eigenvalue weighted by Crippen LogP contribution is 2.31. The van der Waals surface area contributed by atoms with Gasteiger partial charge in [-0.15, -0.1) is 0 Å². The summed E-state index contributed by atoms with van der Waals surface area (Å²) >= 11 is 0. The second-order valence-electron chi connectivity index (χ2n) is 7.14. The first-order valence-electron chi connectivity index (χ1n) is 9.79.